The molecule has 4 rings (SSSR count). The van der Waals surface area contributed by atoms with Gasteiger partial charge in [-0.05, 0) is 36.8 Å². The van der Waals surface area contributed by atoms with Gasteiger partial charge in [-0.1, -0.05) is 12.1 Å². The van der Waals surface area contributed by atoms with Crippen LogP contribution < -0.4 is 15.0 Å². The molecule has 1 aromatic carbocycles. The maximum atomic E-state index is 12.0. The van der Waals surface area contributed by atoms with E-state index in [2.05, 4.69) is 16.3 Å². The van der Waals surface area contributed by atoms with Gasteiger partial charge in [-0.2, -0.15) is 0 Å². The molecule has 0 aromatic heterocycles. The SMILES string of the molecule is O=C[C@]1(N2CCOc3c(C4CCC(=O)CC4)cccc32)CCC(=O)NC1. The summed E-state index contributed by atoms with van der Waals surface area (Å²) < 4.78 is 6.04. The van der Waals surface area contributed by atoms with E-state index in [-0.39, 0.29) is 5.91 Å². The van der Waals surface area contributed by atoms with E-state index in [0.29, 0.717) is 57.1 Å². The molecule has 0 spiro atoms. The number of nitrogens with zero attached hydrogens (tertiary/aromatic N) is 1. The Bertz CT molecular complexity index is 725. The first-order valence-electron chi connectivity index (χ1n) is 9.41. The van der Waals surface area contributed by atoms with Gasteiger partial charge in [0.15, 0.2) is 0 Å². The number of carbonyl (C=O) groups is 3. The maximum absolute atomic E-state index is 12.0. The molecule has 3 aliphatic rings. The zero-order chi connectivity index (χ0) is 18.1. The monoisotopic (exact) mass is 356 g/mol. The molecule has 2 aliphatic heterocycles. The first-order valence-corrected chi connectivity index (χ1v) is 9.41. The van der Waals surface area contributed by atoms with Crippen LogP contribution in [-0.4, -0.2) is 43.2 Å². The number of hydrogen-bond acceptors (Lipinski definition) is 5. The van der Waals surface area contributed by atoms with Crippen molar-refractivity contribution < 1.29 is 19.1 Å². The molecule has 0 radical (unpaired) electrons. The van der Waals surface area contributed by atoms with Crippen molar-refractivity contribution in [3.63, 3.8) is 0 Å². The number of para-hydroxylation sites is 1. The number of ether oxygens (including phenoxy) is 1. The molecule has 1 aliphatic carbocycles. The number of rotatable bonds is 3. The van der Waals surface area contributed by atoms with Gasteiger partial charge >= 0.3 is 0 Å². The predicted molar refractivity (Wildman–Crippen MR) is 96.5 cm³/mol. The third-order valence-electron chi connectivity index (χ3n) is 5.99. The lowest BCUT2D eigenvalue weighted by atomic mass is 9.82. The molecule has 0 bridgehead atoms. The summed E-state index contributed by atoms with van der Waals surface area (Å²) in [5.41, 5.74) is 1.35. The van der Waals surface area contributed by atoms with Gasteiger partial charge in [-0.3, -0.25) is 9.59 Å². The van der Waals surface area contributed by atoms with Crippen molar-refractivity contribution in [1.82, 2.24) is 5.32 Å². The molecular formula is C20H24N2O4. The molecule has 26 heavy (non-hydrogen) atoms. The van der Waals surface area contributed by atoms with Crippen LogP contribution in [0.1, 0.15) is 50.0 Å². The molecule has 2 heterocycles. The largest absolute Gasteiger partial charge is 0.489 e. The third kappa shape index (κ3) is 2.87. The highest BCUT2D eigenvalue weighted by Gasteiger charge is 2.43. The highest BCUT2D eigenvalue weighted by molar-refractivity contribution is 5.84. The van der Waals surface area contributed by atoms with Gasteiger partial charge in [-0.15, -0.1) is 0 Å². The number of nitrogens with one attached hydrogen (secondary N) is 1. The molecule has 6 heteroatoms. The summed E-state index contributed by atoms with van der Waals surface area (Å²) in [4.78, 5) is 37.3. The summed E-state index contributed by atoms with van der Waals surface area (Å²) in [7, 11) is 0. The summed E-state index contributed by atoms with van der Waals surface area (Å²) in [5, 5.41) is 2.84. The molecule has 6 nitrogen and oxygen atoms in total. The Balaban J connectivity index is 1.68. The lowest BCUT2D eigenvalue weighted by Crippen LogP contribution is -2.62. The second-order valence-electron chi connectivity index (χ2n) is 7.51. The van der Waals surface area contributed by atoms with Gasteiger partial charge in [0.1, 0.15) is 30.0 Å². The van der Waals surface area contributed by atoms with Gasteiger partial charge in [0, 0.05) is 25.8 Å². The van der Waals surface area contributed by atoms with Crippen LogP contribution in [0, 0.1) is 0 Å². The molecule has 1 saturated carbocycles. The standard InChI is InChI=1S/C20H24N2O4/c23-13-20(9-8-18(25)21-12-20)22-10-11-26-19-16(2-1-3-17(19)22)14-4-6-15(24)7-5-14/h1-3,13-14H,4-12H2,(H,21,25)/t20-/m0/s1. The lowest BCUT2D eigenvalue weighted by molar-refractivity contribution is -0.125. The molecular weight excluding hydrogens is 332 g/mol. The fourth-order valence-electron chi connectivity index (χ4n) is 4.46. The summed E-state index contributed by atoms with van der Waals surface area (Å²) in [6.45, 7) is 1.46. The number of amides is 1. The number of hydrogen-bond donors (Lipinski definition) is 1. The lowest BCUT2D eigenvalue weighted by Gasteiger charge is -2.46. The fourth-order valence-corrected chi connectivity index (χ4v) is 4.46. The second-order valence-corrected chi connectivity index (χ2v) is 7.51. The van der Waals surface area contributed by atoms with Crippen molar-refractivity contribution in [2.24, 2.45) is 0 Å². The summed E-state index contributed by atoms with van der Waals surface area (Å²) in [6.07, 6.45) is 4.82. The zero-order valence-corrected chi connectivity index (χ0v) is 14.8. The number of carbonyl (C=O) groups excluding carboxylic acids is 3. The van der Waals surface area contributed by atoms with Crippen molar-refractivity contribution in [3.8, 4) is 5.75 Å². The van der Waals surface area contributed by atoms with Gasteiger partial charge < -0.3 is 19.7 Å². The quantitative estimate of drug-likeness (QED) is 0.838. The molecule has 2 fully saturated rings. The Morgan fingerprint density at radius 2 is 2.00 bits per heavy atom. The molecule has 138 valence electrons. The summed E-state index contributed by atoms with van der Waals surface area (Å²) in [6, 6.07) is 6.08. The number of aldehydes is 1. The van der Waals surface area contributed by atoms with Gasteiger partial charge in [0.2, 0.25) is 5.91 Å². The van der Waals surface area contributed by atoms with E-state index in [1.807, 2.05) is 12.1 Å². The predicted octanol–water partition coefficient (Wildman–Crippen LogP) is 1.96. The van der Waals surface area contributed by atoms with E-state index < -0.39 is 5.54 Å². The number of fused-ring (bicyclic) bond motifs is 1. The summed E-state index contributed by atoms with van der Waals surface area (Å²) in [5.74, 6) is 1.50. The second kappa shape index (κ2) is 6.74. The van der Waals surface area contributed by atoms with Crippen molar-refractivity contribution in [1.29, 1.82) is 0 Å². The number of piperidine rings is 1. The number of benzene rings is 1. The van der Waals surface area contributed by atoms with Crippen molar-refractivity contribution in [3.05, 3.63) is 23.8 Å². The molecule has 1 N–H and O–H groups in total. The van der Waals surface area contributed by atoms with Gasteiger partial charge in [0.05, 0.1) is 12.2 Å². The Hall–Kier alpha value is -2.37. The van der Waals surface area contributed by atoms with E-state index in [0.717, 1.165) is 36.1 Å². The minimum atomic E-state index is -0.715. The van der Waals surface area contributed by atoms with E-state index >= 15 is 0 Å². The number of Topliss-reactive ketones (excluding diaryl/α,β-unsaturated/α-hetero) is 1. The Kier molecular flexibility index (Phi) is 4.42. The van der Waals surface area contributed by atoms with Crippen molar-refractivity contribution in [2.75, 3.05) is 24.6 Å². The first-order chi connectivity index (χ1) is 12.6. The van der Waals surface area contributed by atoms with Crippen LogP contribution in [-0.2, 0) is 14.4 Å². The van der Waals surface area contributed by atoms with Gasteiger partial charge in [0.25, 0.3) is 0 Å². The minimum Gasteiger partial charge on any atom is -0.489 e. The van der Waals surface area contributed by atoms with E-state index in [4.69, 9.17) is 4.74 Å². The van der Waals surface area contributed by atoms with Crippen molar-refractivity contribution >= 4 is 23.7 Å². The Labute approximate surface area is 152 Å². The normalized spacial score (nSPS) is 26.7. The van der Waals surface area contributed by atoms with E-state index in [9.17, 15) is 14.4 Å². The average Bonchev–Trinajstić information content (AvgIpc) is 2.69. The van der Waals surface area contributed by atoms with Gasteiger partial charge in [-0.25, -0.2) is 0 Å². The first kappa shape index (κ1) is 17.1. The smallest absolute Gasteiger partial charge is 0.220 e. The van der Waals surface area contributed by atoms with Crippen LogP contribution in [0.4, 0.5) is 5.69 Å². The maximum Gasteiger partial charge on any atom is 0.220 e. The fraction of sp³-hybridized carbons (Fsp3) is 0.550. The highest BCUT2D eigenvalue weighted by Crippen LogP contribution is 2.45. The van der Waals surface area contributed by atoms with Crippen LogP contribution in [0.5, 0.6) is 5.75 Å². The molecule has 1 atom stereocenters. The molecule has 0 unspecified atom stereocenters. The topological polar surface area (TPSA) is 75.7 Å². The van der Waals surface area contributed by atoms with Crippen molar-refractivity contribution in [2.45, 2.75) is 50.0 Å². The van der Waals surface area contributed by atoms with Crippen LogP contribution >= 0.6 is 0 Å². The zero-order valence-electron chi connectivity index (χ0n) is 14.8. The van der Waals surface area contributed by atoms with Crippen LogP contribution in [0.3, 0.4) is 0 Å². The number of ketones is 1. The van der Waals surface area contributed by atoms with E-state index in [1.165, 1.54) is 0 Å². The molecule has 1 amide bonds. The summed E-state index contributed by atoms with van der Waals surface area (Å²) >= 11 is 0. The Morgan fingerprint density at radius 3 is 2.69 bits per heavy atom. The highest BCUT2D eigenvalue weighted by atomic mass is 16.5. The van der Waals surface area contributed by atoms with Crippen LogP contribution in [0.25, 0.3) is 0 Å². The molecule has 1 saturated heterocycles. The van der Waals surface area contributed by atoms with Crippen LogP contribution in [0.2, 0.25) is 0 Å². The average molecular weight is 356 g/mol. The van der Waals surface area contributed by atoms with E-state index in [1.54, 1.807) is 0 Å². The van der Waals surface area contributed by atoms with Crippen LogP contribution in [0.15, 0.2) is 18.2 Å². The number of anilines is 1. The minimum absolute atomic E-state index is 0.00317. The third-order valence-corrected chi connectivity index (χ3v) is 5.99. The molecule has 1 aromatic rings. The Morgan fingerprint density at radius 1 is 1.19 bits per heavy atom.